The lowest BCUT2D eigenvalue weighted by molar-refractivity contribution is -0.152. The molecule has 0 bridgehead atoms. The molecule has 1 fully saturated rings. The van der Waals surface area contributed by atoms with Gasteiger partial charge in [0.15, 0.2) is 0 Å². The Morgan fingerprint density at radius 3 is 2.32 bits per heavy atom. The highest BCUT2D eigenvalue weighted by atomic mass is 16.6. The van der Waals surface area contributed by atoms with Crippen LogP contribution in [0.1, 0.15) is 19.8 Å². The average Bonchev–Trinajstić information content (AvgIpc) is 2.85. The second-order valence-corrected chi connectivity index (χ2v) is 4.72. The predicted molar refractivity (Wildman–Crippen MR) is 70.1 cm³/mol. The van der Waals surface area contributed by atoms with E-state index in [9.17, 15) is 4.79 Å². The summed E-state index contributed by atoms with van der Waals surface area (Å²) in [6.07, 6.45) is 1.85. The van der Waals surface area contributed by atoms with Crippen molar-refractivity contribution in [1.82, 2.24) is 5.32 Å². The monoisotopic (exact) mass is 275 g/mol. The van der Waals surface area contributed by atoms with E-state index in [4.69, 9.17) is 18.9 Å². The van der Waals surface area contributed by atoms with Crippen LogP contribution in [0.5, 0.6) is 0 Å². The van der Waals surface area contributed by atoms with Gasteiger partial charge < -0.3 is 24.3 Å². The minimum atomic E-state index is -0.511. The van der Waals surface area contributed by atoms with E-state index in [1.165, 1.54) is 0 Å². The minimum absolute atomic E-state index is 0.190. The van der Waals surface area contributed by atoms with Crippen LogP contribution in [-0.2, 0) is 23.7 Å². The maximum Gasteiger partial charge on any atom is 0.326 e. The highest BCUT2D eigenvalue weighted by Gasteiger charge is 2.37. The zero-order chi connectivity index (χ0) is 14.0. The van der Waals surface area contributed by atoms with E-state index in [2.05, 4.69) is 5.32 Å². The molecule has 0 amide bonds. The fourth-order valence-corrected chi connectivity index (χ4v) is 1.89. The van der Waals surface area contributed by atoms with E-state index in [1.807, 2.05) is 6.92 Å². The molecule has 0 spiro atoms. The van der Waals surface area contributed by atoms with Gasteiger partial charge >= 0.3 is 5.97 Å². The fraction of sp³-hybridized carbons (Fsp3) is 0.923. The van der Waals surface area contributed by atoms with Crippen LogP contribution in [0.4, 0.5) is 0 Å². The standard InChI is InChI=1S/C13H25NO5/c1-13(4-3-5-14-13)12(15)19-11-10-18-9-8-17-7-6-16-2/h14H,3-11H2,1-2H3. The van der Waals surface area contributed by atoms with Crippen LogP contribution in [0.15, 0.2) is 0 Å². The average molecular weight is 275 g/mol. The molecule has 0 aromatic rings. The van der Waals surface area contributed by atoms with Gasteiger partial charge in [0.1, 0.15) is 12.1 Å². The Hall–Kier alpha value is -0.690. The van der Waals surface area contributed by atoms with E-state index in [-0.39, 0.29) is 12.6 Å². The SMILES string of the molecule is COCCOCCOCCOC(=O)C1(C)CCCN1. The van der Waals surface area contributed by atoms with Gasteiger partial charge in [-0.25, -0.2) is 0 Å². The summed E-state index contributed by atoms with van der Waals surface area (Å²) in [5.41, 5.74) is -0.511. The molecule has 1 atom stereocenters. The zero-order valence-electron chi connectivity index (χ0n) is 11.9. The number of esters is 1. The molecule has 1 rings (SSSR count). The zero-order valence-corrected chi connectivity index (χ0v) is 11.9. The molecule has 1 heterocycles. The second kappa shape index (κ2) is 9.25. The van der Waals surface area contributed by atoms with Crippen molar-refractivity contribution in [3.05, 3.63) is 0 Å². The molecule has 6 nitrogen and oxygen atoms in total. The first-order chi connectivity index (χ1) is 9.19. The smallest absolute Gasteiger partial charge is 0.326 e. The predicted octanol–water partition coefficient (Wildman–Crippen LogP) is 0.351. The first kappa shape index (κ1) is 16.4. The third-order valence-corrected chi connectivity index (χ3v) is 3.08. The van der Waals surface area contributed by atoms with Crippen LogP contribution in [-0.4, -0.2) is 64.8 Å². The molecule has 0 aromatic carbocycles. The van der Waals surface area contributed by atoms with E-state index in [1.54, 1.807) is 7.11 Å². The molecule has 19 heavy (non-hydrogen) atoms. The highest BCUT2D eigenvalue weighted by molar-refractivity contribution is 5.80. The Morgan fingerprint density at radius 2 is 1.74 bits per heavy atom. The van der Waals surface area contributed by atoms with Gasteiger partial charge in [0.05, 0.1) is 33.0 Å². The molecule has 112 valence electrons. The second-order valence-electron chi connectivity index (χ2n) is 4.72. The minimum Gasteiger partial charge on any atom is -0.462 e. The van der Waals surface area contributed by atoms with Crippen molar-refractivity contribution in [3.8, 4) is 0 Å². The van der Waals surface area contributed by atoms with E-state index < -0.39 is 5.54 Å². The van der Waals surface area contributed by atoms with Crippen molar-refractivity contribution in [2.45, 2.75) is 25.3 Å². The summed E-state index contributed by atoms with van der Waals surface area (Å²) in [5.74, 6) is -0.190. The Labute approximate surface area is 114 Å². The molecule has 1 aliphatic rings. The molecule has 1 unspecified atom stereocenters. The first-order valence-electron chi connectivity index (χ1n) is 6.76. The van der Waals surface area contributed by atoms with E-state index in [0.29, 0.717) is 33.0 Å². The van der Waals surface area contributed by atoms with Crippen molar-refractivity contribution in [1.29, 1.82) is 0 Å². The molecule has 6 heteroatoms. The summed E-state index contributed by atoms with van der Waals surface area (Å²) in [5, 5.41) is 3.17. The molecule has 1 N–H and O–H groups in total. The Morgan fingerprint density at radius 1 is 1.11 bits per heavy atom. The Balaban J connectivity index is 1.92. The highest BCUT2D eigenvalue weighted by Crippen LogP contribution is 2.19. The van der Waals surface area contributed by atoms with E-state index >= 15 is 0 Å². The van der Waals surface area contributed by atoms with Gasteiger partial charge in [0.25, 0.3) is 0 Å². The summed E-state index contributed by atoms with van der Waals surface area (Å²) >= 11 is 0. The summed E-state index contributed by atoms with van der Waals surface area (Å²) in [4.78, 5) is 11.8. The number of carbonyl (C=O) groups excluding carboxylic acids is 1. The first-order valence-corrected chi connectivity index (χ1v) is 6.76. The van der Waals surface area contributed by atoms with Crippen molar-refractivity contribution >= 4 is 5.97 Å². The molecule has 1 saturated heterocycles. The van der Waals surface area contributed by atoms with Crippen molar-refractivity contribution in [3.63, 3.8) is 0 Å². The summed E-state index contributed by atoms with van der Waals surface area (Å²) in [6, 6.07) is 0. The summed E-state index contributed by atoms with van der Waals surface area (Å²) in [7, 11) is 1.63. The van der Waals surface area contributed by atoms with Crippen LogP contribution in [0, 0.1) is 0 Å². The van der Waals surface area contributed by atoms with Crippen molar-refractivity contribution in [2.75, 3.05) is 53.3 Å². The Bertz CT molecular complexity index is 253. The number of carbonyl (C=O) groups is 1. The van der Waals surface area contributed by atoms with Crippen molar-refractivity contribution < 1.29 is 23.7 Å². The fourth-order valence-electron chi connectivity index (χ4n) is 1.89. The summed E-state index contributed by atoms with van der Waals surface area (Å²) in [6.45, 7) is 5.62. The topological polar surface area (TPSA) is 66.0 Å². The van der Waals surface area contributed by atoms with Gasteiger partial charge in [-0.2, -0.15) is 0 Å². The van der Waals surface area contributed by atoms with Crippen LogP contribution in [0.25, 0.3) is 0 Å². The van der Waals surface area contributed by atoms with Crippen molar-refractivity contribution in [2.24, 2.45) is 0 Å². The number of rotatable bonds is 10. The number of methoxy groups -OCH3 is 1. The van der Waals surface area contributed by atoms with Gasteiger partial charge in [-0.1, -0.05) is 0 Å². The number of hydrogen-bond acceptors (Lipinski definition) is 6. The van der Waals surface area contributed by atoms with Crippen LogP contribution in [0.2, 0.25) is 0 Å². The number of ether oxygens (including phenoxy) is 4. The third-order valence-electron chi connectivity index (χ3n) is 3.08. The normalized spacial score (nSPS) is 22.6. The maximum atomic E-state index is 11.8. The van der Waals surface area contributed by atoms with Crippen LogP contribution >= 0.6 is 0 Å². The van der Waals surface area contributed by atoms with Gasteiger partial charge in [-0.15, -0.1) is 0 Å². The molecular weight excluding hydrogens is 250 g/mol. The maximum absolute atomic E-state index is 11.8. The van der Waals surface area contributed by atoms with Gasteiger partial charge in [-0.05, 0) is 26.3 Å². The van der Waals surface area contributed by atoms with Gasteiger partial charge in [-0.3, -0.25) is 4.79 Å². The number of nitrogens with one attached hydrogen (secondary N) is 1. The number of hydrogen-bond donors (Lipinski definition) is 1. The molecule has 0 aliphatic carbocycles. The Kier molecular flexibility index (Phi) is 7.97. The lowest BCUT2D eigenvalue weighted by atomic mass is 10.0. The van der Waals surface area contributed by atoms with Gasteiger partial charge in [0, 0.05) is 7.11 Å². The summed E-state index contributed by atoms with van der Waals surface area (Å²) < 4.78 is 20.6. The van der Waals surface area contributed by atoms with Gasteiger partial charge in [0.2, 0.25) is 0 Å². The quantitative estimate of drug-likeness (QED) is 0.458. The lowest BCUT2D eigenvalue weighted by Gasteiger charge is -2.21. The lowest BCUT2D eigenvalue weighted by Crippen LogP contribution is -2.46. The van der Waals surface area contributed by atoms with E-state index in [0.717, 1.165) is 19.4 Å². The van der Waals surface area contributed by atoms with Crippen LogP contribution < -0.4 is 5.32 Å². The molecule has 0 aromatic heterocycles. The third kappa shape index (κ3) is 6.33. The largest absolute Gasteiger partial charge is 0.462 e. The molecule has 0 radical (unpaired) electrons. The molecular formula is C13H25NO5. The molecule has 1 aliphatic heterocycles. The van der Waals surface area contributed by atoms with Crippen LogP contribution in [0.3, 0.4) is 0 Å². The molecule has 0 saturated carbocycles.